The lowest BCUT2D eigenvalue weighted by molar-refractivity contribution is -0.113. The van der Waals surface area contributed by atoms with Gasteiger partial charge in [-0.25, -0.2) is 0 Å². The van der Waals surface area contributed by atoms with Crippen LogP contribution in [0.25, 0.3) is 16.5 Å². The van der Waals surface area contributed by atoms with Crippen LogP contribution in [0.1, 0.15) is 18.4 Å². The van der Waals surface area contributed by atoms with Gasteiger partial charge in [0.15, 0.2) is 5.78 Å². The molecular weight excluding hydrogens is 186 g/mol. The molecule has 3 rings (SSSR count). The molecule has 0 radical (unpaired) electrons. The molecule has 1 heterocycles. The predicted octanol–water partition coefficient (Wildman–Crippen LogP) is 2.91. The number of nitrogens with one attached hydrogen (secondary N) is 1. The van der Waals surface area contributed by atoms with Crippen LogP contribution in [0, 0.1) is 0 Å². The molecule has 0 atom stereocenters. The molecule has 1 aliphatic carbocycles. The van der Waals surface area contributed by atoms with Crippen molar-refractivity contribution >= 4 is 22.3 Å². The quantitative estimate of drug-likeness (QED) is 0.749. The van der Waals surface area contributed by atoms with E-state index in [0.29, 0.717) is 6.42 Å². The van der Waals surface area contributed by atoms with Crippen LogP contribution in [0.3, 0.4) is 0 Å². The van der Waals surface area contributed by atoms with Crippen molar-refractivity contribution in [1.29, 1.82) is 0 Å². The molecule has 0 aliphatic heterocycles. The highest BCUT2D eigenvalue weighted by atomic mass is 16.1. The number of aromatic nitrogens is 1. The minimum Gasteiger partial charge on any atom is -0.361 e. The van der Waals surface area contributed by atoms with Crippen molar-refractivity contribution in [1.82, 2.24) is 4.98 Å². The zero-order valence-corrected chi connectivity index (χ0v) is 8.29. The molecule has 1 aromatic carbocycles. The minimum atomic E-state index is 0.264. The van der Waals surface area contributed by atoms with Crippen LogP contribution in [-0.2, 0) is 4.79 Å². The van der Waals surface area contributed by atoms with E-state index >= 15 is 0 Å². The zero-order valence-electron chi connectivity index (χ0n) is 8.29. The average molecular weight is 197 g/mol. The van der Waals surface area contributed by atoms with Crippen molar-refractivity contribution in [2.75, 3.05) is 0 Å². The second-order valence-corrected chi connectivity index (χ2v) is 3.83. The number of hydrogen-bond donors (Lipinski definition) is 1. The van der Waals surface area contributed by atoms with Crippen LogP contribution < -0.4 is 0 Å². The van der Waals surface area contributed by atoms with E-state index in [1.54, 1.807) is 0 Å². The lowest BCUT2D eigenvalue weighted by Gasteiger charge is -1.97. The van der Waals surface area contributed by atoms with Gasteiger partial charge in [0.05, 0.1) is 0 Å². The topological polar surface area (TPSA) is 32.9 Å². The SMILES string of the molecule is O=C1CCC=C1c1c[nH]c2ccccc12. The number of carbonyl (C=O) groups is 1. The van der Waals surface area contributed by atoms with Gasteiger partial charge < -0.3 is 4.98 Å². The Morgan fingerprint density at radius 3 is 2.87 bits per heavy atom. The Morgan fingerprint density at radius 1 is 1.20 bits per heavy atom. The first-order chi connectivity index (χ1) is 7.36. The first-order valence-electron chi connectivity index (χ1n) is 5.16. The van der Waals surface area contributed by atoms with E-state index in [-0.39, 0.29) is 5.78 Å². The molecule has 0 amide bonds. The Bertz CT molecular complexity index is 563. The molecule has 0 fully saturated rings. The lowest BCUT2D eigenvalue weighted by Crippen LogP contribution is -1.93. The number of rotatable bonds is 1. The van der Waals surface area contributed by atoms with Gasteiger partial charge in [-0.15, -0.1) is 0 Å². The minimum absolute atomic E-state index is 0.264. The fourth-order valence-corrected chi connectivity index (χ4v) is 2.15. The summed E-state index contributed by atoms with van der Waals surface area (Å²) in [6.07, 6.45) is 5.51. The molecule has 0 unspecified atom stereocenters. The summed E-state index contributed by atoms with van der Waals surface area (Å²) in [5.74, 6) is 0.264. The van der Waals surface area contributed by atoms with Crippen molar-refractivity contribution in [3.8, 4) is 0 Å². The Hall–Kier alpha value is -1.83. The summed E-state index contributed by atoms with van der Waals surface area (Å²) >= 11 is 0. The predicted molar refractivity (Wildman–Crippen MR) is 60.5 cm³/mol. The van der Waals surface area contributed by atoms with E-state index in [4.69, 9.17) is 0 Å². The first kappa shape index (κ1) is 8.48. The number of aromatic amines is 1. The number of allylic oxidation sites excluding steroid dienone is 2. The Kier molecular flexibility index (Phi) is 1.75. The maximum atomic E-state index is 11.6. The molecule has 1 aliphatic rings. The van der Waals surface area contributed by atoms with E-state index in [1.807, 2.05) is 36.5 Å². The molecular formula is C13H11NO. The second kappa shape index (κ2) is 3.09. The summed E-state index contributed by atoms with van der Waals surface area (Å²) in [7, 11) is 0. The maximum Gasteiger partial charge on any atom is 0.163 e. The van der Waals surface area contributed by atoms with Gasteiger partial charge in [0, 0.05) is 34.7 Å². The van der Waals surface area contributed by atoms with Crippen LogP contribution in [0.5, 0.6) is 0 Å². The Morgan fingerprint density at radius 2 is 2.07 bits per heavy atom. The van der Waals surface area contributed by atoms with Gasteiger partial charge in [-0.1, -0.05) is 24.3 Å². The highest BCUT2D eigenvalue weighted by Gasteiger charge is 2.19. The molecule has 2 nitrogen and oxygen atoms in total. The fourth-order valence-electron chi connectivity index (χ4n) is 2.15. The summed E-state index contributed by atoms with van der Waals surface area (Å²) in [6, 6.07) is 8.07. The third-order valence-electron chi connectivity index (χ3n) is 2.90. The van der Waals surface area contributed by atoms with E-state index in [0.717, 1.165) is 28.5 Å². The summed E-state index contributed by atoms with van der Waals surface area (Å²) in [5.41, 5.74) is 3.02. The van der Waals surface area contributed by atoms with E-state index in [9.17, 15) is 4.79 Å². The number of ketones is 1. The molecule has 0 spiro atoms. The van der Waals surface area contributed by atoms with Gasteiger partial charge in [-0.05, 0) is 12.5 Å². The van der Waals surface area contributed by atoms with Gasteiger partial charge in [-0.3, -0.25) is 4.79 Å². The third-order valence-corrected chi connectivity index (χ3v) is 2.90. The number of Topliss-reactive ketones (excluding diaryl/α,β-unsaturated/α-hetero) is 1. The summed E-state index contributed by atoms with van der Waals surface area (Å²) in [6.45, 7) is 0. The van der Waals surface area contributed by atoms with Crippen molar-refractivity contribution in [2.24, 2.45) is 0 Å². The number of hydrogen-bond acceptors (Lipinski definition) is 1. The van der Waals surface area contributed by atoms with Crippen molar-refractivity contribution in [3.63, 3.8) is 0 Å². The van der Waals surface area contributed by atoms with Crippen LogP contribution >= 0.6 is 0 Å². The van der Waals surface area contributed by atoms with Gasteiger partial charge in [0.1, 0.15) is 0 Å². The second-order valence-electron chi connectivity index (χ2n) is 3.83. The number of benzene rings is 1. The van der Waals surface area contributed by atoms with E-state index < -0.39 is 0 Å². The van der Waals surface area contributed by atoms with Crippen LogP contribution in [0.4, 0.5) is 0 Å². The molecule has 2 aromatic rings. The van der Waals surface area contributed by atoms with Crippen molar-refractivity contribution in [2.45, 2.75) is 12.8 Å². The number of H-pyrrole nitrogens is 1. The Balaban J connectivity index is 2.23. The fraction of sp³-hybridized carbons (Fsp3) is 0.154. The molecule has 0 saturated heterocycles. The van der Waals surface area contributed by atoms with Gasteiger partial charge in [-0.2, -0.15) is 0 Å². The van der Waals surface area contributed by atoms with Crippen molar-refractivity contribution in [3.05, 3.63) is 42.1 Å². The number of fused-ring (bicyclic) bond motifs is 1. The number of carbonyl (C=O) groups excluding carboxylic acids is 1. The molecule has 1 aromatic heterocycles. The smallest absolute Gasteiger partial charge is 0.163 e. The first-order valence-corrected chi connectivity index (χ1v) is 5.16. The van der Waals surface area contributed by atoms with Crippen molar-refractivity contribution < 1.29 is 4.79 Å². The third kappa shape index (κ3) is 1.22. The van der Waals surface area contributed by atoms with Crippen LogP contribution in [0.2, 0.25) is 0 Å². The van der Waals surface area contributed by atoms with E-state index in [2.05, 4.69) is 4.98 Å². The molecule has 2 heteroatoms. The molecule has 15 heavy (non-hydrogen) atoms. The normalized spacial score (nSPS) is 16.0. The summed E-state index contributed by atoms with van der Waals surface area (Å²) in [4.78, 5) is 14.8. The largest absolute Gasteiger partial charge is 0.361 e. The van der Waals surface area contributed by atoms with E-state index in [1.165, 1.54) is 0 Å². The monoisotopic (exact) mass is 197 g/mol. The summed E-state index contributed by atoms with van der Waals surface area (Å²) in [5, 5.41) is 1.14. The Labute approximate surface area is 87.6 Å². The average Bonchev–Trinajstić information content (AvgIpc) is 2.83. The summed E-state index contributed by atoms with van der Waals surface area (Å²) < 4.78 is 0. The maximum absolute atomic E-state index is 11.6. The zero-order chi connectivity index (χ0) is 10.3. The van der Waals surface area contributed by atoms with Gasteiger partial charge in [0.25, 0.3) is 0 Å². The number of para-hydroxylation sites is 1. The standard InChI is InChI=1S/C13H11NO/c15-13-7-3-5-10(13)11-8-14-12-6-2-1-4-9(11)12/h1-2,4-6,8,14H,3,7H2. The highest BCUT2D eigenvalue weighted by Crippen LogP contribution is 2.30. The van der Waals surface area contributed by atoms with Crippen LogP contribution in [0.15, 0.2) is 36.5 Å². The molecule has 0 saturated carbocycles. The van der Waals surface area contributed by atoms with Gasteiger partial charge >= 0.3 is 0 Å². The molecule has 1 N–H and O–H groups in total. The molecule has 74 valence electrons. The van der Waals surface area contributed by atoms with Gasteiger partial charge in [0.2, 0.25) is 0 Å². The molecule has 0 bridgehead atoms. The highest BCUT2D eigenvalue weighted by molar-refractivity contribution is 6.25. The lowest BCUT2D eigenvalue weighted by atomic mass is 10.0. The van der Waals surface area contributed by atoms with Crippen LogP contribution in [-0.4, -0.2) is 10.8 Å².